The Morgan fingerprint density at radius 3 is 2.53 bits per heavy atom. The van der Waals surface area contributed by atoms with Gasteiger partial charge in [-0.15, -0.1) is 0 Å². The summed E-state index contributed by atoms with van der Waals surface area (Å²) in [6.45, 7) is 5.18. The second kappa shape index (κ2) is 6.75. The molecule has 0 saturated carbocycles. The highest BCUT2D eigenvalue weighted by molar-refractivity contribution is 7.85. The van der Waals surface area contributed by atoms with Crippen molar-refractivity contribution in [3.05, 3.63) is 30.3 Å². The van der Waals surface area contributed by atoms with Crippen LogP contribution < -0.4 is 5.32 Å². The fraction of sp³-hybridized carbons (Fsp3) is 0.500. The van der Waals surface area contributed by atoms with E-state index in [9.17, 15) is 4.21 Å². The van der Waals surface area contributed by atoms with E-state index >= 15 is 0 Å². The van der Waals surface area contributed by atoms with E-state index in [1.807, 2.05) is 30.3 Å². The lowest BCUT2D eigenvalue weighted by atomic mass is 10.4. The van der Waals surface area contributed by atoms with Gasteiger partial charge in [-0.3, -0.25) is 4.21 Å². The molecule has 0 saturated heterocycles. The number of hydrogen-bond acceptors (Lipinski definition) is 2. The van der Waals surface area contributed by atoms with Crippen molar-refractivity contribution in [1.29, 1.82) is 0 Å². The van der Waals surface area contributed by atoms with E-state index in [0.29, 0.717) is 6.04 Å². The molecule has 1 aromatic rings. The summed E-state index contributed by atoms with van der Waals surface area (Å²) in [4.78, 5) is 0.932. The summed E-state index contributed by atoms with van der Waals surface area (Å²) < 4.78 is 11.8. The average Bonchev–Trinajstić information content (AvgIpc) is 2.25. The zero-order chi connectivity index (χ0) is 11.1. The van der Waals surface area contributed by atoms with Crippen LogP contribution in [-0.2, 0) is 10.8 Å². The Labute approximate surface area is 94.5 Å². The molecule has 0 amide bonds. The van der Waals surface area contributed by atoms with Gasteiger partial charge < -0.3 is 5.32 Å². The Bertz CT molecular complexity index is 298. The van der Waals surface area contributed by atoms with Gasteiger partial charge in [-0.2, -0.15) is 0 Å². The van der Waals surface area contributed by atoms with Crippen molar-refractivity contribution in [2.75, 3.05) is 12.3 Å². The van der Waals surface area contributed by atoms with Crippen LogP contribution >= 0.6 is 0 Å². The smallest absolute Gasteiger partial charge is 0.0529 e. The van der Waals surface area contributed by atoms with Gasteiger partial charge in [-0.25, -0.2) is 0 Å². The van der Waals surface area contributed by atoms with Gasteiger partial charge in [0.05, 0.1) is 10.8 Å². The molecule has 1 unspecified atom stereocenters. The van der Waals surface area contributed by atoms with Crippen molar-refractivity contribution in [3.8, 4) is 0 Å². The lowest BCUT2D eigenvalue weighted by molar-refractivity contribution is 0.583. The molecule has 0 aliphatic carbocycles. The van der Waals surface area contributed by atoms with Gasteiger partial charge in [-0.1, -0.05) is 32.0 Å². The molecule has 1 N–H and O–H groups in total. The number of nitrogens with one attached hydrogen (secondary N) is 1. The molecule has 0 aromatic heterocycles. The van der Waals surface area contributed by atoms with Crippen LogP contribution in [0.15, 0.2) is 35.2 Å². The summed E-state index contributed by atoms with van der Waals surface area (Å²) in [5.74, 6) is 0.740. The van der Waals surface area contributed by atoms with Gasteiger partial charge in [0.15, 0.2) is 0 Å². The average molecular weight is 225 g/mol. The summed E-state index contributed by atoms with van der Waals surface area (Å²) in [5, 5.41) is 3.32. The van der Waals surface area contributed by atoms with Gasteiger partial charge in [-0.05, 0) is 25.1 Å². The Balaban J connectivity index is 2.25. The first-order chi connectivity index (χ1) is 7.20. The Hall–Kier alpha value is -0.670. The normalized spacial score (nSPS) is 13.0. The zero-order valence-corrected chi connectivity index (χ0v) is 10.2. The molecule has 84 valence electrons. The Kier molecular flexibility index (Phi) is 5.58. The van der Waals surface area contributed by atoms with Crippen LogP contribution in [-0.4, -0.2) is 22.5 Å². The van der Waals surface area contributed by atoms with Gasteiger partial charge >= 0.3 is 0 Å². The van der Waals surface area contributed by atoms with Crippen LogP contribution in [0.3, 0.4) is 0 Å². The SMILES string of the molecule is CC(C)NCCCS(=O)c1ccccc1. The maximum absolute atomic E-state index is 11.8. The molecule has 0 bridgehead atoms. The minimum absolute atomic E-state index is 0.509. The number of rotatable bonds is 6. The van der Waals surface area contributed by atoms with E-state index in [2.05, 4.69) is 19.2 Å². The van der Waals surface area contributed by atoms with Gasteiger partial charge in [0.1, 0.15) is 0 Å². The predicted octanol–water partition coefficient (Wildman–Crippen LogP) is 2.18. The molecule has 0 spiro atoms. The molecular formula is C12H19NOS. The van der Waals surface area contributed by atoms with Crippen LogP contribution in [0.4, 0.5) is 0 Å². The van der Waals surface area contributed by atoms with Crippen molar-refractivity contribution in [3.63, 3.8) is 0 Å². The summed E-state index contributed by atoms with van der Waals surface area (Å²) in [5.41, 5.74) is 0. The fourth-order valence-electron chi connectivity index (χ4n) is 1.28. The second-order valence-corrected chi connectivity index (χ2v) is 5.40. The predicted molar refractivity (Wildman–Crippen MR) is 65.5 cm³/mol. The summed E-state index contributed by atoms with van der Waals surface area (Å²) >= 11 is 0. The van der Waals surface area contributed by atoms with Crippen LogP contribution in [0.1, 0.15) is 20.3 Å². The topological polar surface area (TPSA) is 29.1 Å². The highest BCUT2D eigenvalue weighted by atomic mass is 32.2. The first-order valence-corrected chi connectivity index (χ1v) is 6.69. The third-order valence-electron chi connectivity index (χ3n) is 2.07. The molecule has 0 aliphatic rings. The van der Waals surface area contributed by atoms with E-state index in [0.717, 1.165) is 23.6 Å². The number of hydrogen-bond donors (Lipinski definition) is 1. The van der Waals surface area contributed by atoms with Crippen LogP contribution in [0, 0.1) is 0 Å². The highest BCUT2D eigenvalue weighted by Crippen LogP contribution is 2.05. The van der Waals surface area contributed by atoms with Crippen molar-refractivity contribution in [1.82, 2.24) is 5.32 Å². The number of benzene rings is 1. The summed E-state index contributed by atoms with van der Waals surface area (Å²) in [6, 6.07) is 10.2. The molecular weight excluding hydrogens is 206 g/mol. The van der Waals surface area contributed by atoms with E-state index in [-0.39, 0.29) is 0 Å². The van der Waals surface area contributed by atoms with E-state index in [1.54, 1.807) is 0 Å². The Morgan fingerprint density at radius 2 is 1.93 bits per heavy atom. The molecule has 2 nitrogen and oxygen atoms in total. The maximum Gasteiger partial charge on any atom is 0.0529 e. The quantitative estimate of drug-likeness (QED) is 0.752. The van der Waals surface area contributed by atoms with Crippen LogP contribution in [0.2, 0.25) is 0 Å². The van der Waals surface area contributed by atoms with Crippen LogP contribution in [0.5, 0.6) is 0 Å². The molecule has 15 heavy (non-hydrogen) atoms. The standard InChI is InChI=1S/C12H19NOS/c1-11(2)13-9-6-10-15(14)12-7-4-3-5-8-12/h3-5,7-8,11,13H,6,9-10H2,1-2H3. The summed E-state index contributed by atoms with van der Waals surface area (Å²) in [6.07, 6.45) is 0.958. The largest absolute Gasteiger partial charge is 0.315 e. The molecule has 1 rings (SSSR count). The minimum atomic E-state index is -0.838. The maximum atomic E-state index is 11.8. The van der Waals surface area contributed by atoms with Gasteiger partial charge in [0.25, 0.3) is 0 Å². The second-order valence-electron chi connectivity index (χ2n) is 3.83. The minimum Gasteiger partial charge on any atom is -0.315 e. The zero-order valence-electron chi connectivity index (χ0n) is 9.40. The molecule has 0 radical (unpaired) electrons. The van der Waals surface area contributed by atoms with Crippen LogP contribution in [0.25, 0.3) is 0 Å². The summed E-state index contributed by atoms with van der Waals surface area (Å²) in [7, 11) is -0.838. The lowest BCUT2D eigenvalue weighted by Crippen LogP contribution is -2.24. The monoisotopic (exact) mass is 225 g/mol. The van der Waals surface area contributed by atoms with Gasteiger partial charge in [0, 0.05) is 16.7 Å². The molecule has 1 aromatic carbocycles. The molecule has 1 atom stereocenters. The first kappa shape index (κ1) is 12.4. The van der Waals surface area contributed by atoms with E-state index in [1.165, 1.54) is 0 Å². The van der Waals surface area contributed by atoms with Gasteiger partial charge in [0.2, 0.25) is 0 Å². The molecule has 0 aliphatic heterocycles. The molecule has 3 heteroatoms. The van der Waals surface area contributed by atoms with Crippen molar-refractivity contribution < 1.29 is 4.21 Å². The van der Waals surface area contributed by atoms with Crippen molar-refractivity contribution >= 4 is 10.8 Å². The third kappa shape index (κ3) is 5.09. The molecule has 0 heterocycles. The van der Waals surface area contributed by atoms with Crippen molar-refractivity contribution in [2.45, 2.75) is 31.2 Å². The highest BCUT2D eigenvalue weighted by Gasteiger charge is 2.02. The fourth-order valence-corrected chi connectivity index (χ4v) is 2.39. The first-order valence-electron chi connectivity index (χ1n) is 5.37. The third-order valence-corrected chi connectivity index (χ3v) is 3.52. The molecule has 0 fully saturated rings. The Morgan fingerprint density at radius 1 is 1.27 bits per heavy atom. The lowest BCUT2D eigenvalue weighted by Gasteiger charge is -2.07. The van der Waals surface area contributed by atoms with Crippen molar-refractivity contribution in [2.24, 2.45) is 0 Å². The van der Waals surface area contributed by atoms with E-state index < -0.39 is 10.8 Å². The van der Waals surface area contributed by atoms with E-state index in [4.69, 9.17) is 0 Å².